The molecular formula is C19H27N5O3S2. The highest BCUT2D eigenvalue weighted by atomic mass is 32.2. The topological polar surface area (TPSA) is 112 Å². The molecule has 1 aliphatic rings. The number of nitrogens with two attached hydrogens (primary N) is 1. The maximum Gasteiger partial charge on any atom is 0.341 e. The first kappa shape index (κ1) is 21.6. The molecule has 1 amide bonds. The zero-order chi connectivity index (χ0) is 20.8. The number of nitrogen functional groups attached to an aromatic ring is 1. The number of hydrogen-bond acceptors (Lipinski definition) is 8. The van der Waals surface area contributed by atoms with E-state index in [0.29, 0.717) is 28.2 Å². The zero-order valence-electron chi connectivity index (χ0n) is 16.8. The number of ether oxygens (including phenoxy) is 1. The number of carbonyl (C=O) groups is 2. The van der Waals surface area contributed by atoms with E-state index >= 15 is 0 Å². The number of nitrogens with zero attached hydrogens (tertiary/aromatic N) is 3. The number of unbranched alkanes of at least 4 members (excludes halogenated alkanes) is 1. The lowest BCUT2D eigenvalue weighted by Gasteiger charge is -2.12. The molecule has 0 saturated carbocycles. The van der Waals surface area contributed by atoms with E-state index in [1.54, 1.807) is 6.92 Å². The van der Waals surface area contributed by atoms with Crippen molar-refractivity contribution in [3.63, 3.8) is 0 Å². The van der Waals surface area contributed by atoms with Crippen LogP contribution in [0.15, 0.2) is 5.16 Å². The van der Waals surface area contributed by atoms with Crippen LogP contribution in [0.25, 0.3) is 0 Å². The van der Waals surface area contributed by atoms with Gasteiger partial charge in [0.15, 0.2) is 5.82 Å². The van der Waals surface area contributed by atoms with Crippen LogP contribution in [0.1, 0.15) is 66.2 Å². The molecule has 158 valence electrons. The third-order valence-corrected chi connectivity index (χ3v) is 6.88. The van der Waals surface area contributed by atoms with Crippen LogP contribution in [-0.2, 0) is 28.8 Å². The molecule has 10 heteroatoms. The minimum atomic E-state index is -0.364. The molecule has 0 unspecified atom stereocenters. The Balaban J connectivity index is 1.67. The predicted molar refractivity (Wildman–Crippen MR) is 115 cm³/mol. The third kappa shape index (κ3) is 5.11. The minimum absolute atomic E-state index is 0.133. The number of esters is 1. The van der Waals surface area contributed by atoms with Gasteiger partial charge in [0.05, 0.1) is 17.9 Å². The van der Waals surface area contributed by atoms with Crippen molar-refractivity contribution in [1.29, 1.82) is 0 Å². The van der Waals surface area contributed by atoms with Crippen molar-refractivity contribution in [3.8, 4) is 0 Å². The average Bonchev–Trinajstić information content (AvgIpc) is 3.24. The number of amides is 1. The number of rotatable bonds is 9. The monoisotopic (exact) mass is 437 g/mol. The van der Waals surface area contributed by atoms with Gasteiger partial charge in [-0.1, -0.05) is 25.1 Å². The van der Waals surface area contributed by atoms with E-state index < -0.39 is 0 Å². The number of aromatic nitrogens is 3. The van der Waals surface area contributed by atoms with Crippen molar-refractivity contribution in [2.75, 3.05) is 23.5 Å². The maximum atomic E-state index is 12.5. The van der Waals surface area contributed by atoms with Crippen LogP contribution in [-0.4, -0.2) is 39.1 Å². The number of thiophene rings is 1. The molecular weight excluding hydrogens is 410 g/mol. The summed E-state index contributed by atoms with van der Waals surface area (Å²) in [5, 5.41) is 12.1. The fourth-order valence-corrected chi connectivity index (χ4v) is 5.25. The Hall–Kier alpha value is -2.07. The van der Waals surface area contributed by atoms with Crippen LogP contribution in [0.4, 0.5) is 5.00 Å². The van der Waals surface area contributed by atoms with Gasteiger partial charge < -0.3 is 15.9 Å². The van der Waals surface area contributed by atoms with Gasteiger partial charge in [0.2, 0.25) is 11.1 Å². The van der Waals surface area contributed by atoms with Crippen LogP contribution in [0, 0.1) is 0 Å². The van der Waals surface area contributed by atoms with E-state index in [4.69, 9.17) is 10.6 Å². The highest BCUT2D eigenvalue weighted by molar-refractivity contribution is 7.99. The van der Waals surface area contributed by atoms with Crippen molar-refractivity contribution < 1.29 is 14.3 Å². The van der Waals surface area contributed by atoms with Crippen LogP contribution in [0.2, 0.25) is 0 Å². The van der Waals surface area contributed by atoms with Gasteiger partial charge in [-0.25, -0.2) is 9.47 Å². The predicted octanol–water partition coefficient (Wildman–Crippen LogP) is 3.18. The lowest BCUT2D eigenvalue weighted by Crippen LogP contribution is -2.18. The molecule has 0 fully saturated rings. The molecule has 0 radical (unpaired) electrons. The largest absolute Gasteiger partial charge is 0.462 e. The summed E-state index contributed by atoms with van der Waals surface area (Å²) in [7, 11) is 0. The fraction of sp³-hybridized carbons (Fsp3) is 0.579. The molecule has 0 atom stereocenters. The Labute approximate surface area is 178 Å². The maximum absolute atomic E-state index is 12.5. The van der Waals surface area contributed by atoms with Gasteiger partial charge in [-0.3, -0.25) is 4.79 Å². The summed E-state index contributed by atoms with van der Waals surface area (Å²) < 4.78 is 6.67. The van der Waals surface area contributed by atoms with E-state index in [9.17, 15) is 9.59 Å². The molecule has 3 N–H and O–H groups in total. The lowest BCUT2D eigenvalue weighted by atomic mass is 9.95. The van der Waals surface area contributed by atoms with Gasteiger partial charge in [-0.05, 0) is 44.6 Å². The first-order valence-corrected chi connectivity index (χ1v) is 11.8. The van der Waals surface area contributed by atoms with Crippen molar-refractivity contribution in [2.45, 2.75) is 63.9 Å². The van der Waals surface area contributed by atoms with Crippen molar-refractivity contribution in [3.05, 3.63) is 21.8 Å². The number of carbonyl (C=O) groups excluding carboxylic acids is 2. The second-order valence-electron chi connectivity index (χ2n) is 6.84. The second-order valence-corrected chi connectivity index (χ2v) is 8.89. The third-order valence-electron chi connectivity index (χ3n) is 4.73. The van der Waals surface area contributed by atoms with E-state index in [1.807, 2.05) is 0 Å². The molecule has 29 heavy (non-hydrogen) atoms. The molecule has 0 aromatic carbocycles. The van der Waals surface area contributed by atoms with Crippen molar-refractivity contribution in [2.24, 2.45) is 0 Å². The van der Waals surface area contributed by atoms with E-state index in [-0.39, 0.29) is 17.6 Å². The summed E-state index contributed by atoms with van der Waals surface area (Å²) >= 11 is 2.71. The molecule has 1 aliphatic carbocycles. The van der Waals surface area contributed by atoms with Crippen LogP contribution in [0.3, 0.4) is 0 Å². The number of anilines is 1. The number of thioether (sulfide) groups is 1. The SMILES string of the molecule is CCCCc1nnc(SCC(=O)Nc2sc3c(c2C(=O)OCC)CCCC3)n1N. The van der Waals surface area contributed by atoms with E-state index in [0.717, 1.165) is 50.5 Å². The highest BCUT2D eigenvalue weighted by Crippen LogP contribution is 2.38. The molecule has 8 nitrogen and oxygen atoms in total. The van der Waals surface area contributed by atoms with Gasteiger partial charge in [-0.2, -0.15) is 0 Å². The van der Waals surface area contributed by atoms with Gasteiger partial charge in [-0.15, -0.1) is 21.5 Å². The van der Waals surface area contributed by atoms with E-state index in [2.05, 4.69) is 22.4 Å². The van der Waals surface area contributed by atoms with Crippen LogP contribution in [0.5, 0.6) is 0 Å². The Morgan fingerprint density at radius 1 is 1.28 bits per heavy atom. The van der Waals surface area contributed by atoms with Crippen molar-refractivity contribution in [1.82, 2.24) is 14.9 Å². The lowest BCUT2D eigenvalue weighted by molar-refractivity contribution is -0.113. The minimum Gasteiger partial charge on any atom is -0.462 e. The zero-order valence-corrected chi connectivity index (χ0v) is 18.5. The summed E-state index contributed by atoms with van der Waals surface area (Å²) in [4.78, 5) is 26.2. The van der Waals surface area contributed by atoms with Crippen molar-refractivity contribution >= 4 is 40.0 Å². The van der Waals surface area contributed by atoms with Gasteiger partial charge in [0.1, 0.15) is 5.00 Å². The summed E-state index contributed by atoms with van der Waals surface area (Å²) in [5.74, 6) is 6.30. The molecule has 0 aliphatic heterocycles. The molecule has 2 heterocycles. The number of aryl methyl sites for hydroxylation is 2. The van der Waals surface area contributed by atoms with Crippen LogP contribution >= 0.6 is 23.1 Å². The summed E-state index contributed by atoms with van der Waals surface area (Å²) in [5.41, 5.74) is 1.55. The Morgan fingerprint density at radius 3 is 2.83 bits per heavy atom. The molecule has 0 bridgehead atoms. The smallest absolute Gasteiger partial charge is 0.341 e. The summed E-state index contributed by atoms with van der Waals surface area (Å²) in [6.07, 6.45) is 6.73. The van der Waals surface area contributed by atoms with Gasteiger partial charge in [0.25, 0.3) is 0 Å². The van der Waals surface area contributed by atoms with Gasteiger partial charge in [0, 0.05) is 11.3 Å². The van der Waals surface area contributed by atoms with Crippen LogP contribution < -0.4 is 11.2 Å². The first-order chi connectivity index (χ1) is 14.0. The molecule has 0 spiro atoms. The van der Waals surface area contributed by atoms with E-state index in [1.165, 1.54) is 32.7 Å². The first-order valence-electron chi connectivity index (χ1n) is 9.98. The highest BCUT2D eigenvalue weighted by Gasteiger charge is 2.27. The fourth-order valence-electron chi connectivity index (χ4n) is 3.28. The number of nitrogens with one attached hydrogen (secondary N) is 1. The molecule has 0 saturated heterocycles. The average molecular weight is 438 g/mol. The van der Waals surface area contributed by atoms with Gasteiger partial charge >= 0.3 is 5.97 Å². The standard InChI is InChI=1S/C19H27N5O3S2/c1-3-5-10-14-22-23-19(24(14)20)28-11-15(25)21-17-16(18(26)27-4-2)12-8-6-7-9-13(12)29-17/h3-11,20H2,1-2H3,(H,21,25). The second kappa shape index (κ2) is 10.1. The molecule has 2 aromatic heterocycles. The Bertz CT molecular complexity index is 878. The number of fused-ring (bicyclic) bond motifs is 1. The number of hydrogen-bond donors (Lipinski definition) is 2. The molecule has 2 aromatic rings. The Kier molecular flexibility index (Phi) is 7.54. The Morgan fingerprint density at radius 2 is 2.07 bits per heavy atom. The molecule has 3 rings (SSSR count). The normalized spacial score (nSPS) is 13.2. The summed E-state index contributed by atoms with van der Waals surface area (Å²) in [6, 6.07) is 0. The quantitative estimate of drug-likeness (QED) is 0.352. The summed E-state index contributed by atoms with van der Waals surface area (Å²) in [6.45, 7) is 4.19.